The monoisotopic (exact) mass is 324 g/mol. The number of hydrogen-bond acceptors (Lipinski definition) is 4. The second-order valence-corrected chi connectivity index (χ2v) is 7.37. The van der Waals surface area contributed by atoms with Gasteiger partial charge in [-0.1, -0.05) is 0 Å². The van der Waals surface area contributed by atoms with Crippen molar-refractivity contribution in [2.45, 2.75) is 32.1 Å². The first-order valence-electron chi connectivity index (χ1n) is 8.59. The van der Waals surface area contributed by atoms with Crippen LogP contribution in [0.25, 0.3) is 5.82 Å². The quantitative estimate of drug-likeness (QED) is 0.884. The maximum absolute atomic E-state index is 11.1. The van der Waals surface area contributed by atoms with Gasteiger partial charge in [-0.15, -0.1) is 5.10 Å². The van der Waals surface area contributed by atoms with Crippen LogP contribution >= 0.6 is 0 Å². The van der Waals surface area contributed by atoms with E-state index in [4.69, 9.17) is 10.5 Å². The molecule has 124 valence electrons. The van der Waals surface area contributed by atoms with E-state index in [-0.39, 0.29) is 0 Å². The summed E-state index contributed by atoms with van der Waals surface area (Å²) in [6.45, 7) is 0.735. The minimum absolute atomic E-state index is 0.384. The summed E-state index contributed by atoms with van der Waals surface area (Å²) in [7, 11) is 0. The average Bonchev–Trinajstić information content (AvgIpc) is 3.53. The van der Waals surface area contributed by atoms with Crippen LogP contribution in [0.3, 0.4) is 0 Å². The third-order valence-corrected chi connectivity index (χ3v) is 6.31. The van der Waals surface area contributed by atoms with Crippen LogP contribution in [0.15, 0.2) is 30.6 Å². The van der Waals surface area contributed by atoms with Crippen molar-refractivity contribution < 1.29 is 9.53 Å². The third kappa shape index (κ3) is 1.92. The Labute approximate surface area is 140 Å². The molecule has 3 saturated carbocycles. The SMILES string of the molecule is NC(=O)c1ccc(-n2ccc(OCCC3C4(CC4)C34CC4)n2)nc1. The molecule has 6 heteroatoms. The molecule has 2 spiro atoms. The van der Waals surface area contributed by atoms with Crippen molar-refractivity contribution in [1.82, 2.24) is 14.8 Å². The Kier molecular flexibility index (Phi) is 2.68. The van der Waals surface area contributed by atoms with E-state index in [1.54, 1.807) is 16.8 Å². The van der Waals surface area contributed by atoms with Gasteiger partial charge in [0.2, 0.25) is 11.8 Å². The van der Waals surface area contributed by atoms with Crippen molar-refractivity contribution in [3.05, 3.63) is 36.2 Å². The van der Waals surface area contributed by atoms with E-state index in [1.165, 1.54) is 31.9 Å². The highest BCUT2D eigenvalue weighted by molar-refractivity contribution is 5.92. The third-order valence-electron chi connectivity index (χ3n) is 6.31. The first kappa shape index (κ1) is 14.0. The van der Waals surface area contributed by atoms with Gasteiger partial charge in [0, 0.05) is 18.5 Å². The number of aromatic nitrogens is 3. The van der Waals surface area contributed by atoms with Gasteiger partial charge in [0.1, 0.15) is 0 Å². The van der Waals surface area contributed by atoms with E-state index in [0.717, 1.165) is 29.8 Å². The molecule has 0 radical (unpaired) electrons. The molecule has 0 unspecified atom stereocenters. The molecule has 5 rings (SSSR count). The molecule has 0 aliphatic heterocycles. The molecule has 3 aliphatic carbocycles. The van der Waals surface area contributed by atoms with E-state index in [1.807, 2.05) is 12.3 Å². The number of pyridine rings is 1. The highest BCUT2D eigenvalue weighted by atomic mass is 16.5. The predicted octanol–water partition coefficient (Wildman–Crippen LogP) is 2.33. The number of hydrogen-bond donors (Lipinski definition) is 1. The highest BCUT2D eigenvalue weighted by Gasteiger charge is 2.85. The molecule has 0 bridgehead atoms. The normalized spacial score (nSPS) is 21.8. The van der Waals surface area contributed by atoms with E-state index >= 15 is 0 Å². The summed E-state index contributed by atoms with van der Waals surface area (Å²) >= 11 is 0. The first-order valence-corrected chi connectivity index (χ1v) is 8.59. The molecule has 1 amide bonds. The maximum atomic E-state index is 11.1. The lowest BCUT2D eigenvalue weighted by molar-refractivity contribution is 0.1000. The van der Waals surface area contributed by atoms with Crippen LogP contribution < -0.4 is 10.5 Å². The van der Waals surface area contributed by atoms with E-state index in [2.05, 4.69) is 10.1 Å². The smallest absolute Gasteiger partial charge is 0.250 e. The number of amides is 1. The van der Waals surface area contributed by atoms with Gasteiger partial charge in [-0.25, -0.2) is 9.67 Å². The van der Waals surface area contributed by atoms with Crippen LogP contribution in [-0.2, 0) is 0 Å². The van der Waals surface area contributed by atoms with Crippen molar-refractivity contribution in [3.63, 3.8) is 0 Å². The fourth-order valence-electron chi connectivity index (χ4n) is 4.82. The lowest BCUT2D eigenvalue weighted by Gasteiger charge is -2.03. The molecule has 0 saturated heterocycles. The number of primary amides is 1. The van der Waals surface area contributed by atoms with Crippen molar-refractivity contribution in [2.24, 2.45) is 22.5 Å². The molecule has 0 atom stereocenters. The number of nitrogens with zero attached hydrogens (tertiary/aromatic N) is 3. The summed E-state index contributed by atoms with van der Waals surface area (Å²) < 4.78 is 7.47. The lowest BCUT2D eigenvalue weighted by atomic mass is 10.2. The molecular formula is C18H20N4O2. The highest BCUT2D eigenvalue weighted by Crippen LogP contribution is 2.93. The summed E-state index contributed by atoms with van der Waals surface area (Å²) in [6.07, 6.45) is 10.2. The molecule has 0 aromatic carbocycles. The van der Waals surface area contributed by atoms with Gasteiger partial charge in [0.25, 0.3) is 0 Å². The zero-order chi connectivity index (χ0) is 16.4. The second kappa shape index (κ2) is 4.59. The van der Waals surface area contributed by atoms with Crippen LogP contribution in [0, 0.1) is 16.7 Å². The summed E-state index contributed by atoms with van der Waals surface area (Å²) in [5.74, 6) is 1.66. The van der Waals surface area contributed by atoms with Crippen molar-refractivity contribution in [2.75, 3.05) is 6.61 Å². The van der Waals surface area contributed by atoms with Crippen LogP contribution in [0.5, 0.6) is 5.88 Å². The van der Waals surface area contributed by atoms with E-state index in [0.29, 0.717) is 17.3 Å². The van der Waals surface area contributed by atoms with Gasteiger partial charge in [-0.2, -0.15) is 0 Å². The second-order valence-electron chi connectivity index (χ2n) is 7.37. The first-order chi connectivity index (χ1) is 11.6. The molecule has 3 fully saturated rings. The van der Waals surface area contributed by atoms with Gasteiger partial charge in [-0.05, 0) is 61.0 Å². The number of ether oxygens (including phenoxy) is 1. The fourth-order valence-corrected chi connectivity index (χ4v) is 4.82. The molecule has 6 nitrogen and oxygen atoms in total. The number of nitrogens with two attached hydrogens (primary N) is 1. The summed E-state index contributed by atoms with van der Waals surface area (Å²) in [4.78, 5) is 15.3. The summed E-state index contributed by atoms with van der Waals surface area (Å²) in [6, 6.07) is 5.20. The topological polar surface area (TPSA) is 83.0 Å². The Hall–Kier alpha value is -2.37. The minimum atomic E-state index is -0.486. The Morgan fingerprint density at radius 2 is 2.00 bits per heavy atom. The predicted molar refractivity (Wildman–Crippen MR) is 86.8 cm³/mol. The van der Waals surface area contributed by atoms with Crippen LogP contribution in [0.1, 0.15) is 42.5 Å². The van der Waals surface area contributed by atoms with Gasteiger partial charge in [0.15, 0.2) is 5.82 Å². The Morgan fingerprint density at radius 3 is 2.58 bits per heavy atom. The van der Waals surface area contributed by atoms with E-state index in [9.17, 15) is 4.79 Å². The Bertz CT molecular complexity index is 785. The largest absolute Gasteiger partial charge is 0.477 e. The number of carbonyl (C=O) groups excluding carboxylic acids is 1. The Balaban J connectivity index is 1.19. The van der Waals surface area contributed by atoms with Gasteiger partial charge in [0.05, 0.1) is 12.2 Å². The molecule has 24 heavy (non-hydrogen) atoms. The fraction of sp³-hybridized carbons (Fsp3) is 0.500. The number of carbonyl (C=O) groups is 1. The lowest BCUT2D eigenvalue weighted by Crippen LogP contribution is -2.11. The average molecular weight is 324 g/mol. The number of rotatable bonds is 6. The van der Waals surface area contributed by atoms with Crippen LogP contribution in [-0.4, -0.2) is 27.3 Å². The minimum Gasteiger partial charge on any atom is -0.477 e. The van der Waals surface area contributed by atoms with E-state index < -0.39 is 5.91 Å². The van der Waals surface area contributed by atoms with Crippen molar-refractivity contribution in [3.8, 4) is 11.7 Å². The van der Waals surface area contributed by atoms with Crippen LogP contribution in [0.4, 0.5) is 0 Å². The Morgan fingerprint density at radius 1 is 1.25 bits per heavy atom. The summed E-state index contributed by atoms with van der Waals surface area (Å²) in [5.41, 5.74) is 7.08. The van der Waals surface area contributed by atoms with Gasteiger partial charge >= 0.3 is 0 Å². The molecular weight excluding hydrogens is 304 g/mol. The van der Waals surface area contributed by atoms with Crippen molar-refractivity contribution >= 4 is 5.91 Å². The standard InChI is InChI=1S/C18H20N4O2/c19-16(23)12-1-2-14(20-11-12)22-9-3-15(21-22)24-10-4-13-17(5-6-17)18(13)7-8-18/h1-3,9,11,13H,4-8,10H2,(H2,19,23). The zero-order valence-electron chi connectivity index (χ0n) is 13.4. The molecule has 2 aromatic rings. The maximum Gasteiger partial charge on any atom is 0.250 e. The molecule has 2 aromatic heterocycles. The molecule has 3 aliphatic rings. The number of fused-ring (bicyclic) bond motifs is 1. The zero-order valence-corrected chi connectivity index (χ0v) is 13.4. The molecule has 2 N–H and O–H groups in total. The van der Waals surface area contributed by atoms with Crippen LogP contribution in [0.2, 0.25) is 0 Å². The van der Waals surface area contributed by atoms with Gasteiger partial charge < -0.3 is 10.5 Å². The van der Waals surface area contributed by atoms with Gasteiger partial charge in [-0.3, -0.25) is 4.79 Å². The molecule has 2 heterocycles. The summed E-state index contributed by atoms with van der Waals surface area (Å²) in [5, 5.41) is 4.39. The van der Waals surface area contributed by atoms with Crippen molar-refractivity contribution in [1.29, 1.82) is 0 Å².